The predicted molar refractivity (Wildman–Crippen MR) is 82.7 cm³/mol. The van der Waals surface area contributed by atoms with Gasteiger partial charge in [-0.15, -0.1) is 0 Å². The Morgan fingerprint density at radius 3 is 2.81 bits per heavy atom. The predicted octanol–water partition coefficient (Wildman–Crippen LogP) is 1.45. The molecule has 0 saturated carbocycles. The van der Waals surface area contributed by atoms with Gasteiger partial charge in [0.2, 0.25) is 11.9 Å². The number of aryl methyl sites for hydroxylation is 1. The SMILES string of the molecule is Cc1nc(N)nc(NC2CCN(Cc3ccccc3)C2)n1. The van der Waals surface area contributed by atoms with Crippen molar-refractivity contribution in [3.63, 3.8) is 0 Å². The average molecular weight is 284 g/mol. The van der Waals surface area contributed by atoms with Crippen LogP contribution in [0.4, 0.5) is 11.9 Å². The van der Waals surface area contributed by atoms with Crippen LogP contribution in [0.15, 0.2) is 30.3 Å². The van der Waals surface area contributed by atoms with Gasteiger partial charge in [-0.05, 0) is 18.9 Å². The van der Waals surface area contributed by atoms with E-state index in [1.165, 1.54) is 5.56 Å². The maximum atomic E-state index is 5.65. The summed E-state index contributed by atoms with van der Waals surface area (Å²) in [6.07, 6.45) is 1.08. The van der Waals surface area contributed by atoms with Crippen LogP contribution in [0.2, 0.25) is 0 Å². The van der Waals surface area contributed by atoms with E-state index in [0.29, 0.717) is 17.8 Å². The van der Waals surface area contributed by atoms with Gasteiger partial charge in [-0.25, -0.2) is 0 Å². The quantitative estimate of drug-likeness (QED) is 0.884. The number of hydrogen-bond donors (Lipinski definition) is 2. The van der Waals surface area contributed by atoms with E-state index in [1.54, 1.807) is 0 Å². The second-order valence-corrected chi connectivity index (χ2v) is 5.42. The summed E-state index contributed by atoms with van der Waals surface area (Å²) in [7, 11) is 0. The summed E-state index contributed by atoms with van der Waals surface area (Å²) in [5, 5.41) is 3.35. The Balaban J connectivity index is 1.57. The minimum absolute atomic E-state index is 0.268. The minimum Gasteiger partial charge on any atom is -0.368 e. The topological polar surface area (TPSA) is 80.0 Å². The van der Waals surface area contributed by atoms with Crippen LogP contribution in [0.25, 0.3) is 0 Å². The third-order valence-corrected chi connectivity index (χ3v) is 3.62. The molecule has 3 rings (SSSR count). The fourth-order valence-corrected chi connectivity index (χ4v) is 2.69. The molecule has 0 amide bonds. The van der Waals surface area contributed by atoms with Crippen LogP contribution < -0.4 is 11.1 Å². The molecule has 3 N–H and O–H groups in total. The van der Waals surface area contributed by atoms with Gasteiger partial charge in [0.1, 0.15) is 5.82 Å². The summed E-state index contributed by atoms with van der Waals surface area (Å²) < 4.78 is 0. The minimum atomic E-state index is 0.268. The fourth-order valence-electron chi connectivity index (χ4n) is 2.69. The first-order valence-corrected chi connectivity index (χ1v) is 7.20. The summed E-state index contributed by atoms with van der Waals surface area (Å²) in [5.74, 6) is 1.49. The third kappa shape index (κ3) is 3.66. The first-order valence-electron chi connectivity index (χ1n) is 7.20. The Hall–Kier alpha value is -2.21. The van der Waals surface area contributed by atoms with Crippen molar-refractivity contribution in [3.8, 4) is 0 Å². The molecule has 110 valence electrons. The molecular weight excluding hydrogens is 264 g/mol. The molecule has 0 spiro atoms. The lowest BCUT2D eigenvalue weighted by Gasteiger charge is -2.16. The Kier molecular flexibility index (Phi) is 3.96. The van der Waals surface area contributed by atoms with Gasteiger partial charge in [0.25, 0.3) is 0 Å². The number of aromatic nitrogens is 3. The van der Waals surface area contributed by atoms with Gasteiger partial charge in [0, 0.05) is 25.7 Å². The molecule has 6 nitrogen and oxygen atoms in total. The van der Waals surface area contributed by atoms with Crippen molar-refractivity contribution < 1.29 is 0 Å². The van der Waals surface area contributed by atoms with Crippen LogP contribution in [0.3, 0.4) is 0 Å². The second-order valence-electron chi connectivity index (χ2n) is 5.42. The molecule has 2 aromatic rings. The van der Waals surface area contributed by atoms with E-state index < -0.39 is 0 Å². The molecule has 1 aromatic carbocycles. The van der Waals surface area contributed by atoms with Crippen LogP contribution in [-0.4, -0.2) is 39.0 Å². The summed E-state index contributed by atoms with van der Waals surface area (Å²) in [4.78, 5) is 14.8. The molecule has 0 bridgehead atoms. The van der Waals surface area contributed by atoms with Gasteiger partial charge in [0.05, 0.1) is 0 Å². The summed E-state index contributed by atoms with van der Waals surface area (Å²) in [5.41, 5.74) is 7.00. The number of nitrogens with zero attached hydrogens (tertiary/aromatic N) is 4. The fraction of sp³-hybridized carbons (Fsp3) is 0.400. The van der Waals surface area contributed by atoms with Crippen molar-refractivity contribution in [2.75, 3.05) is 24.1 Å². The summed E-state index contributed by atoms with van der Waals surface area (Å²) in [6, 6.07) is 10.9. The second kappa shape index (κ2) is 6.05. The number of likely N-dealkylation sites (tertiary alicyclic amines) is 1. The Morgan fingerprint density at radius 2 is 2.05 bits per heavy atom. The van der Waals surface area contributed by atoms with E-state index in [0.717, 1.165) is 26.1 Å². The normalized spacial score (nSPS) is 18.8. The third-order valence-electron chi connectivity index (χ3n) is 3.62. The van der Waals surface area contributed by atoms with Gasteiger partial charge >= 0.3 is 0 Å². The summed E-state index contributed by atoms with van der Waals surface area (Å²) in [6.45, 7) is 4.86. The summed E-state index contributed by atoms with van der Waals surface area (Å²) >= 11 is 0. The number of nitrogens with two attached hydrogens (primary N) is 1. The molecule has 0 aliphatic carbocycles. The maximum Gasteiger partial charge on any atom is 0.227 e. The number of nitrogen functional groups attached to an aromatic ring is 1. The highest BCUT2D eigenvalue weighted by Crippen LogP contribution is 2.16. The Bertz CT molecular complexity index is 580. The molecule has 1 atom stereocenters. The van der Waals surface area contributed by atoms with Crippen molar-refractivity contribution >= 4 is 11.9 Å². The zero-order valence-electron chi connectivity index (χ0n) is 12.2. The van der Waals surface area contributed by atoms with Crippen molar-refractivity contribution in [3.05, 3.63) is 41.7 Å². The van der Waals surface area contributed by atoms with E-state index >= 15 is 0 Å². The van der Waals surface area contributed by atoms with Crippen molar-refractivity contribution in [1.82, 2.24) is 19.9 Å². The zero-order valence-corrected chi connectivity index (χ0v) is 12.2. The largest absolute Gasteiger partial charge is 0.368 e. The average Bonchev–Trinajstić information content (AvgIpc) is 2.86. The van der Waals surface area contributed by atoms with Crippen LogP contribution >= 0.6 is 0 Å². The van der Waals surface area contributed by atoms with Crippen LogP contribution in [0, 0.1) is 6.92 Å². The van der Waals surface area contributed by atoms with E-state index in [1.807, 2.05) is 13.0 Å². The molecule has 1 unspecified atom stereocenters. The zero-order chi connectivity index (χ0) is 14.7. The lowest BCUT2D eigenvalue weighted by molar-refractivity contribution is 0.328. The highest BCUT2D eigenvalue weighted by atomic mass is 15.2. The number of benzene rings is 1. The molecule has 0 radical (unpaired) electrons. The molecular formula is C15H20N6. The number of rotatable bonds is 4. The molecule has 1 saturated heterocycles. The van der Waals surface area contributed by atoms with E-state index in [2.05, 4.69) is 49.4 Å². The molecule has 1 aliphatic heterocycles. The van der Waals surface area contributed by atoms with Gasteiger partial charge < -0.3 is 11.1 Å². The molecule has 6 heteroatoms. The monoisotopic (exact) mass is 284 g/mol. The number of nitrogens with one attached hydrogen (secondary N) is 1. The highest BCUT2D eigenvalue weighted by molar-refractivity contribution is 5.32. The standard InChI is InChI=1S/C15H20N6/c1-11-17-14(16)20-15(18-11)19-13-7-8-21(10-13)9-12-5-3-2-4-6-12/h2-6,13H,7-10H2,1H3,(H3,16,17,18,19,20). The maximum absolute atomic E-state index is 5.65. The lowest BCUT2D eigenvalue weighted by atomic mass is 10.2. The van der Waals surface area contributed by atoms with Crippen LogP contribution in [-0.2, 0) is 6.54 Å². The van der Waals surface area contributed by atoms with Crippen LogP contribution in [0.5, 0.6) is 0 Å². The lowest BCUT2D eigenvalue weighted by Crippen LogP contribution is -2.27. The van der Waals surface area contributed by atoms with Crippen molar-refractivity contribution in [2.24, 2.45) is 0 Å². The smallest absolute Gasteiger partial charge is 0.227 e. The van der Waals surface area contributed by atoms with Crippen molar-refractivity contribution in [1.29, 1.82) is 0 Å². The van der Waals surface area contributed by atoms with Gasteiger partial charge in [0.15, 0.2) is 0 Å². The van der Waals surface area contributed by atoms with Gasteiger partial charge in [-0.3, -0.25) is 4.90 Å². The first-order chi connectivity index (χ1) is 10.2. The van der Waals surface area contributed by atoms with Crippen molar-refractivity contribution in [2.45, 2.75) is 25.9 Å². The van der Waals surface area contributed by atoms with E-state index in [9.17, 15) is 0 Å². The number of hydrogen-bond acceptors (Lipinski definition) is 6. The molecule has 2 heterocycles. The molecule has 1 aromatic heterocycles. The molecule has 1 aliphatic rings. The number of anilines is 2. The highest BCUT2D eigenvalue weighted by Gasteiger charge is 2.23. The Labute approximate surface area is 124 Å². The van der Waals surface area contributed by atoms with Crippen LogP contribution in [0.1, 0.15) is 17.8 Å². The van der Waals surface area contributed by atoms with Gasteiger partial charge in [-0.1, -0.05) is 30.3 Å². The van der Waals surface area contributed by atoms with Gasteiger partial charge in [-0.2, -0.15) is 15.0 Å². The molecule has 1 fully saturated rings. The van der Waals surface area contributed by atoms with E-state index in [4.69, 9.17) is 5.73 Å². The Morgan fingerprint density at radius 1 is 1.24 bits per heavy atom. The molecule has 21 heavy (non-hydrogen) atoms. The first kappa shape index (κ1) is 13.8. The van der Waals surface area contributed by atoms with E-state index in [-0.39, 0.29) is 5.95 Å².